The van der Waals surface area contributed by atoms with Gasteiger partial charge >= 0.3 is 0 Å². The van der Waals surface area contributed by atoms with Gasteiger partial charge in [-0.1, -0.05) is 13.8 Å². The predicted molar refractivity (Wildman–Crippen MR) is 79.6 cm³/mol. The second-order valence-electron chi connectivity index (χ2n) is 5.87. The fourth-order valence-corrected chi connectivity index (χ4v) is 2.53. The molecule has 0 saturated carbocycles. The number of anilines is 1. The topological polar surface area (TPSA) is 58.1 Å². The first kappa shape index (κ1) is 14.8. The summed E-state index contributed by atoms with van der Waals surface area (Å²) < 4.78 is 0. The highest BCUT2D eigenvalue weighted by Crippen LogP contribution is 2.18. The van der Waals surface area contributed by atoms with Gasteiger partial charge in [-0.2, -0.15) is 0 Å². The van der Waals surface area contributed by atoms with Gasteiger partial charge in [0.05, 0.1) is 11.4 Å². The summed E-state index contributed by atoms with van der Waals surface area (Å²) >= 11 is 0. The highest BCUT2D eigenvalue weighted by molar-refractivity contribution is 5.78. The maximum absolute atomic E-state index is 12.1. The van der Waals surface area contributed by atoms with Crippen LogP contribution in [0.15, 0.2) is 6.20 Å². The Hall–Kier alpha value is -1.65. The zero-order valence-electron chi connectivity index (χ0n) is 12.8. The molecule has 5 heteroatoms. The van der Waals surface area contributed by atoms with Gasteiger partial charge in [0.15, 0.2) is 0 Å². The number of hydrogen-bond donors (Lipinski definition) is 1. The molecule has 1 aromatic heterocycles. The highest BCUT2D eigenvalue weighted by atomic mass is 16.2. The van der Waals surface area contributed by atoms with Crippen molar-refractivity contribution in [2.24, 2.45) is 5.92 Å². The summed E-state index contributed by atoms with van der Waals surface area (Å²) in [7, 11) is 0. The summed E-state index contributed by atoms with van der Waals surface area (Å²) in [5.74, 6) is 1.15. The zero-order chi connectivity index (χ0) is 14.7. The van der Waals surface area contributed by atoms with E-state index in [9.17, 15) is 4.79 Å². The van der Waals surface area contributed by atoms with E-state index in [1.807, 2.05) is 32.6 Å². The molecule has 1 amide bonds. The van der Waals surface area contributed by atoms with E-state index in [4.69, 9.17) is 0 Å². The lowest BCUT2D eigenvalue weighted by Crippen LogP contribution is -2.46. The monoisotopic (exact) mass is 276 g/mol. The van der Waals surface area contributed by atoms with Crippen LogP contribution in [0.5, 0.6) is 0 Å². The Morgan fingerprint density at radius 3 is 2.90 bits per heavy atom. The summed E-state index contributed by atoms with van der Waals surface area (Å²) in [6, 6.07) is 0.265. The Kier molecular flexibility index (Phi) is 4.57. The number of carbonyl (C=O) groups excluding carboxylic acids is 1. The van der Waals surface area contributed by atoms with Gasteiger partial charge < -0.3 is 10.2 Å². The van der Waals surface area contributed by atoms with Crippen LogP contribution in [-0.2, 0) is 4.79 Å². The minimum Gasteiger partial charge on any atom is -0.364 e. The number of nitrogens with zero attached hydrogens (tertiary/aromatic N) is 3. The van der Waals surface area contributed by atoms with E-state index < -0.39 is 0 Å². The molecule has 1 aromatic rings. The smallest absolute Gasteiger partial charge is 0.225 e. The molecule has 0 radical (unpaired) electrons. The van der Waals surface area contributed by atoms with E-state index in [0.29, 0.717) is 0 Å². The van der Waals surface area contributed by atoms with E-state index >= 15 is 0 Å². The van der Waals surface area contributed by atoms with Crippen molar-refractivity contribution in [1.82, 2.24) is 14.9 Å². The highest BCUT2D eigenvalue weighted by Gasteiger charge is 2.25. The molecule has 1 N–H and O–H groups in total. The predicted octanol–water partition coefficient (Wildman–Crippen LogP) is 2.15. The number of nitrogens with one attached hydrogen (secondary N) is 1. The molecular weight excluding hydrogens is 252 g/mol. The number of aryl methyl sites for hydroxylation is 2. The molecule has 1 fully saturated rings. The fraction of sp³-hybridized carbons (Fsp3) is 0.667. The second-order valence-corrected chi connectivity index (χ2v) is 5.87. The fourth-order valence-electron chi connectivity index (χ4n) is 2.53. The number of hydrogen-bond acceptors (Lipinski definition) is 4. The van der Waals surface area contributed by atoms with Gasteiger partial charge in [-0.25, -0.2) is 4.98 Å². The Balaban J connectivity index is 2.02. The van der Waals surface area contributed by atoms with Crippen LogP contribution in [0, 0.1) is 19.8 Å². The number of rotatable bonds is 3. The third kappa shape index (κ3) is 3.46. The number of carbonyl (C=O) groups is 1. The molecule has 1 saturated heterocycles. The minimum atomic E-state index is 0.0641. The normalized spacial score (nSPS) is 19.2. The number of aromatic nitrogens is 2. The number of amides is 1. The molecule has 0 aliphatic carbocycles. The van der Waals surface area contributed by atoms with Crippen LogP contribution in [0.2, 0.25) is 0 Å². The van der Waals surface area contributed by atoms with Crippen molar-refractivity contribution in [1.29, 1.82) is 0 Å². The van der Waals surface area contributed by atoms with Gasteiger partial charge in [-0.15, -0.1) is 0 Å². The van der Waals surface area contributed by atoms with Gasteiger partial charge in [-0.3, -0.25) is 9.78 Å². The van der Waals surface area contributed by atoms with Crippen LogP contribution in [-0.4, -0.2) is 39.9 Å². The van der Waals surface area contributed by atoms with E-state index in [2.05, 4.69) is 15.3 Å². The van der Waals surface area contributed by atoms with Crippen LogP contribution in [0.3, 0.4) is 0 Å². The quantitative estimate of drug-likeness (QED) is 0.919. The molecule has 2 heterocycles. The van der Waals surface area contributed by atoms with Gasteiger partial charge in [0.25, 0.3) is 0 Å². The van der Waals surface area contributed by atoms with Crippen LogP contribution < -0.4 is 5.32 Å². The average molecular weight is 276 g/mol. The standard InChI is InChI=1S/C15H24N4O/c1-10(2)15(20)19-7-5-6-13(9-19)18-14-12(4)16-8-11(3)17-14/h8,10,13H,5-7,9H2,1-4H3,(H,17,18)/t13-/m1/s1. The van der Waals surface area contributed by atoms with Crippen molar-refractivity contribution in [2.45, 2.75) is 46.6 Å². The van der Waals surface area contributed by atoms with Crippen molar-refractivity contribution in [2.75, 3.05) is 18.4 Å². The maximum atomic E-state index is 12.1. The van der Waals surface area contributed by atoms with E-state index in [0.717, 1.165) is 43.1 Å². The molecular formula is C15H24N4O. The third-order valence-electron chi connectivity index (χ3n) is 3.64. The molecule has 0 spiro atoms. The first-order valence-electron chi connectivity index (χ1n) is 7.33. The lowest BCUT2D eigenvalue weighted by Gasteiger charge is -2.34. The molecule has 0 aromatic carbocycles. The molecule has 1 aliphatic heterocycles. The maximum Gasteiger partial charge on any atom is 0.225 e. The molecule has 1 aliphatic rings. The van der Waals surface area contributed by atoms with Crippen molar-refractivity contribution in [3.05, 3.63) is 17.6 Å². The van der Waals surface area contributed by atoms with Crippen LogP contribution in [0.4, 0.5) is 5.82 Å². The van der Waals surface area contributed by atoms with E-state index in [1.54, 1.807) is 6.20 Å². The van der Waals surface area contributed by atoms with E-state index in [-0.39, 0.29) is 17.9 Å². The summed E-state index contributed by atoms with van der Waals surface area (Å²) in [5.41, 5.74) is 1.81. The van der Waals surface area contributed by atoms with Gasteiger partial charge in [0.2, 0.25) is 5.91 Å². The molecule has 5 nitrogen and oxygen atoms in total. The summed E-state index contributed by atoms with van der Waals surface area (Å²) in [6.45, 7) is 9.42. The first-order chi connectivity index (χ1) is 9.47. The van der Waals surface area contributed by atoms with Gasteiger partial charge in [0.1, 0.15) is 5.82 Å². The van der Waals surface area contributed by atoms with E-state index in [1.165, 1.54) is 0 Å². The van der Waals surface area contributed by atoms with Crippen molar-refractivity contribution in [3.8, 4) is 0 Å². The summed E-state index contributed by atoms with van der Waals surface area (Å²) in [4.78, 5) is 22.9. The number of likely N-dealkylation sites (tertiary alicyclic amines) is 1. The molecule has 2 rings (SSSR count). The lowest BCUT2D eigenvalue weighted by atomic mass is 10.0. The molecule has 20 heavy (non-hydrogen) atoms. The molecule has 0 unspecified atom stereocenters. The summed E-state index contributed by atoms with van der Waals surface area (Å²) in [6.07, 6.45) is 3.88. The SMILES string of the molecule is Cc1cnc(C)c(N[C@@H]2CCCN(C(=O)C(C)C)C2)n1. The van der Waals surface area contributed by atoms with Crippen LogP contribution in [0.25, 0.3) is 0 Å². The van der Waals surface area contributed by atoms with Gasteiger partial charge in [-0.05, 0) is 26.7 Å². The largest absolute Gasteiger partial charge is 0.364 e. The Morgan fingerprint density at radius 1 is 1.45 bits per heavy atom. The van der Waals surface area contributed by atoms with Crippen molar-refractivity contribution >= 4 is 11.7 Å². The third-order valence-corrected chi connectivity index (χ3v) is 3.64. The minimum absolute atomic E-state index is 0.0641. The van der Waals surface area contributed by atoms with Gasteiger partial charge in [0, 0.05) is 31.2 Å². The van der Waals surface area contributed by atoms with Crippen molar-refractivity contribution < 1.29 is 4.79 Å². The molecule has 0 bridgehead atoms. The zero-order valence-corrected chi connectivity index (χ0v) is 12.8. The van der Waals surface area contributed by atoms with Crippen LogP contribution >= 0.6 is 0 Å². The first-order valence-corrected chi connectivity index (χ1v) is 7.33. The Bertz CT molecular complexity index is 487. The molecule has 110 valence electrons. The molecule has 1 atom stereocenters. The second kappa shape index (κ2) is 6.20. The summed E-state index contributed by atoms with van der Waals surface area (Å²) in [5, 5.41) is 3.45. The lowest BCUT2D eigenvalue weighted by molar-refractivity contribution is -0.135. The Morgan fingerprint density at radius 2 is 2.20 bits per heavy atom. The van der Waals surface area contributed by atoms with Crippen molar-refractivity contribution in [3.63, 3.8) is 0 Å². The number of piperidine rings is 1. The Labute approximate surface area is 120 Å². The van der Waals surface area contributed by atoms with Crippen LogP contribution in [0.1, 0.15) is 38.1 Å². The average Bonchev–Trinajstić information content (AvgIpc) is 2.42.